The Morgan fingerprint density at radius 1 is 1.38 bits per heavy atom. The molecule has 0 aliphatic carbocycles. The van der Waals surface area contributed by atoms with Crippen LogP contribution >= 0.6 is 0 Å². The van der Waals surface area contributed by atoms with Gasteiger partial charge in [-0.2, -0.15) is 0 Å². The van der Waals surface area contributed by atoms with Crippen LogP contribution < -0.4 is 0 Å². The molecule has 1 spiro atoms. The van der Waals surface area contributed by atoms with Gasteiger partial charge in [0.25, 0.3) is 0 Å². The Hall–Kier alpha value is -0.650. The first-order valence-corrected chi connectivity index (χ1v) is 5.72. The van der Waals surface area contributed by atoms with E-state index < -0.39 is 5.79 Å². The Morgan fingerprint density at radius 2 is 2.06 bits per heavy atom. The second-order valence-electron chi connectivity index (χ2n) is 4.43. The molecule has 2 saturated heterocycles. The minimum Gasteiger partial charge on any atom is -0.469 e. The molecule has 0 aromatic carbocycles. The quantitative estimate of drug-likeness (QED) is 0.603. The number of carbonyl (C=O) groups is 1. The molecule has 0 saturated carbocycles. The molecule has 2 aliphatic rings. The topological polar surface area (TPSA) is 48.0 Å². The molecule has 2 aliphatic heterocycles. The normalized spacial score (nSPS) is 30.2. The van der Waals surface area contributed by atoms with Crippen molar-refractivity contribution in [3.8, 4) is 0 Å². The second-order valence-corrected chi connectivity index (χ2v) is 4.43. The highest BCUT2D eigenvalue weighted by Crippen LogP contribution is 2.36. The van der Waals surface area contributed by atoms with E-state index in [1.165, 1.54) is 7.11 Å². The molecule has 2 heterocycles. The van der Waals surface area contributed by atoms with Crippen molar-refractivity contribution < 1.29 is 19.0 Å². The van der Waals surface area contributed by atoms with Gasteiger partial charge in [-0.3, -0.25) is 4.79 Å². The van der Waals surface area contributed by atoms with Gasteiger partial charge < -0.3 is 19.1 Å². The van der Waals surface area contributed by atoms with Gasteiger partial charge in [0.2, 0.25) is 0 Å². The van der Waals surface area contributed by atoms with Crippen LogP contribution in [0.4, 0.5) is 0 Å². The third-order valence-corrected chi connectivity index (χ3v) is 3.43. The first-order valence-electron chi connectivity index (χ1n) is 5.72. The van der Waals surface area contributed by atoms with Crippen LogP contribution in [-0.4, -0.2) is 57.1 Å². The molecule has 0 amide bonds. The smallest absolute Gasteiger partial charge is 0.314 e. The number of methoxy groups -OCH3 is 1. The average molecular weight is 229 g/mol. The highest BCUT2D eigenvalue weighted by molar-refractivity contribution is 5.73. The summed E-state index contributed by atoms with van der Waals surface area (Å²) < 4.78 is 16.2. The van der Waals surface area contributed by atoms with Gasteiger partial charge in [-0.05, 0) is 20.0 Å². The lowest BCUT2D eigenvalue weighted by atomic mass is 9.93. The largest absolute Gasteiger partial charge is 0.469 e. The SMILES string of the molecule is COC(=O)C1CCN(C)CCC12OCCO2. The maximum absolute atomic E-state index is 11.8. The zero-order chi connectivity index (χ0) is 11.6. The minimum atomic E-state index is -0.738. The summed E-state index contributed by atoms with van der Waals surface area (Å²) in [4.78, 5) is 14.0. The molecular weight excluding hydrogens is 210 g/mol. The molecule has 0 aromatic heterocycles. The zero-order valence-corrected chi connectivity index (χ0v) is 9.90. The maximum atomic E-state index is 11.8. The van der Waals surface area contributed by atoms with Crippen molar-refractivity contribution in [3.05, 3.63) is 0 Å². The number of hydrogen-bond donors (Lipinski definition) is 0. The Balaban J connectivity index is 2.18. The summed E-state index contributed by atoms with van der Waals surface area (Å²) in [6.45, 7) is 2.89. The molecule has 1 unspecified atom stereocenters. The van der Waals surface area contributed by atoms with Gasteiger partial charge in [0.05, 0.1) is 20.3 Å². The molecule has 5 nitrogen and oxygen atoms in total. The summed E-state index contributed by atoms with van der Waals surface area (Å²) in [5, 5.41) is 0. The fourth-order valence-corrected chi connectivity index (χ4v) is 2.46. The Bertz CT molecular complexity index is 263. The Morgan fingerprint density at radius 3 is 2.69 bits per heavy atom. The summed E-state index contributed by atoms with van der Waals surface area (Å²) in [5.41, 5.74) is 0. The molecular formula is C11H19NO4. The van der Waals surface area contributed by atoms with Crippen molar-refractivity contribution in [2.75, 3.05) is 40.5 Å². The third kappa shape index (κ3) is 2.07. The molecule has 2 rings (SSSR count). The van der Waals surface area contributed by atoms with Crippen molar-refractivity contribution in [3.63, 3.8) is 0 Å². The summed E-state index contributed by atoms with van der Waals surface area (Å²) >= 11 is 0. The van der Waals surface area contributed by atoms with Crippen molar-refractivity contribution >= 4 is 5.97 Å². The highest BCUT2D eigenvalue weighted by Gasteiger charge is 2.49. The molecule has 0 N–H and O–H groups in total. The summed E-state index contributed by atoms with van der Waals surface area (Å²) in [6.07, 6.45) is 1.45. The van der Waals surface area contributed by atoms with Crippen LogP contribution in [0.1, 0.15) is 12.8 Å². The molecule has 0 bridgehead atoms. The summed E-state index contributed by atoms with van der Waals surface area (Å²) in [7, 11) is 3.46. The molecule has 16 heavy (non-hydrogen) atoms. The molecule has 5 heteroatoms. The molecule has 0 aromatic rings. The van der Waals surface area contributed by atoms with E-state index in [2.05, 4.69) is 4.90 Å². The maximum Gasteiger partial charge on any atom is 0.314 e. The molecule has 0 radical (unpaired) electrons. The lowest BCUT2D eigenvalue weighted by Gasteiger charge is -2.31. The Kier molecular flexibility index (Phi) is 3.47. The number of esters is 1. The van der Waals surface area contributed by atoms with E-state index in [0.717, 1.165) is 25.9 Å². The van der Waals surface area contributed by atoms with Crippen molar-refractivity contribution in [2.24, 2.45) is 5.92 Å². The predicted molar refractivity (Wildman–Crippen MR) is 56.9 cm³/mol. The van der Waals surface area contributed by atoms with E-state index in [1.54, 1.807) is 0 Å². The van der Waals surface area contributed by atoms with Gasteiger partial charge in [-0.1, -0.05) is 0 Å². The standard InChI is InChI=1S/C11H19NO4/c1-12-5-3-9(10(13)14-2)11(4-6-12)15-7-8-16-11/h9H,3-8H2,1-2H3. The van der Waals surface area contributed by atoms with Gasteiger partial charge >= 0.3 is 5.97 Å². The second kappa shape index (κ2) is 4.69. The van der Waals surface area contributed by atoms with E-state index >= 15 is 0 Å². The molecule has 2 fully saturated rings. The van der Waals surface area contributed by atoms with Crippen LogP contribution in [0.2, 0.25) is 0 Å². The minimum absolute atomic E-state index is 0.225. The van der Waals surface area contributed by atoms with Gasteiger partial charge in [-0.15, -0.1) is 0 Å². The van der Waals surface area contributed by atoms with Crippen LogP contribution in [0.5, 0.6) is 0 Å². The van der Waals surface area contributed by atoms with Gasteiger partial charge in [0.1, 0.15) is 5.92 Å². The van der Waals surface area contributed by atoms with Crippen LogP contribution in [0, 0.1) is 5.92 Å². The van der Waals surface area contributed by atoms with Gasteiger partial charge in [-0.25, -0.2) is 0 Å². The molecule has 92 valence electrons. The zero-order valence-electron chi connectivity index (χ0n) is 9.90. The summed E-state index contributed by atoms with van der Waals surface area (Å²) in [5.74, 6) is -1.26. The monoisotopic (exact) mass is 229 g/mol. The van der Waals surface area contributed by atoms with Gasteiger partial charge in [0.15, 0.2) is 5.79 Å². The number of ether oxygens (including phenoxy) is 3. The number of nitrogens with zero attached hydrogens (tertiary/aromatic N) is 1. The first kappa shape index (κ1) is 11.8. The number of rotatable bonds is 1. The van der Waals surface area contributed by atoms with Crippen molar-refractivity contribution in [2.45, 2.75) is 18.6 Å². The van der Waals surface area contributed by atoms with Crippen molar-refractivity contribution in [1.82, 2.24) is 4.90 Å². The number of carbonyl (C=O) groups excluding carboxylic acids is 1. The molecule has 1 atom stereocenters. The lowest BCUT2D eigenvalue weighted by molar-refractivity contribution is -0.209. The van der Waals surface area contributed by atoms with Crippen LogP contribution in [0.25, 0.3) is 0 Å². The predicted octanol–water partition coefficient (Wildman–Crippen LogP) is 0.244. The third-order valence-electron chi connectivity index (χ3n) is 3.43. The van der Waals surface area contributed by atoms with Crippen LogP contribution in [0.3, 0.4) is 0 Å². The van der Waals surface area contributed by atoms with Gasteiger partial charge in [0, 0.05) is 13.0 Å². The van der Waals surface area contributed by atoms with E-state index in [-0.39, 0.29) is 11.9 Å². The highest BCUT2D eigenvalue weighted by atomic mass is 16.7. The van der Waals surface area contributed by atoms with Crippen LogP contribution in [0.15, 0.2) is 0 Å². The Labute approximate surface area is 95.6 Å². The van der Waals surface area contributed by atoms with Crippen LogP contribution in [-0.2, 0) is 19.0 Å². The lowest BCUT2D eigenvalue weighted by Crippen LogP contribution is -2.44. The van der Waals surface area contributed by atoms with E-state index in [1.807, 2.05) is 7.05 Å². The van der Waals surface area contributed by atoms with E-state index in [9.17, 15) is 4.79 Å². The fraction of sp³-hybridized carbons (Fsp3) is 0.909. The summed E-state index contributed by atoms with van der Waals surface area (Å²) in [6, 6.07) is 0. The fourth-order valence-electron chi connectivity index (χ4n) is 2.46. The van der Waals surface area contributed by atoms with Crippen molar-refractivity contribution in [1.29, 1.82) is 0 Å². The average Bonchev–Trinajstić information content (AvgIpc) is 2.69. The number of likely N-dealkylation sites (tertiary alicyclic amines) is 1. The first-order chi connectivity index (χ1) is 7.68. The number of hydrogen-bond acceptors (Lipinski definition) is 5. The van der Waals surface area contributed by atoms with E-state index in [4.69, 9.17) is 14.2 Å². The van der Waals surface area contributed by atoms with E-state index in [0.29, 0.717) is 13.2 Å².